The topological polar surface area (TPSA) is 66.1 Å². The maximum absolute atomic E-state index is 6.10. The number of anilines is 1. The lowest BCUT2D eigenvalue weighted by Gasteiger charge is -2.35. The van der Waals surface area contributed by atoms with Crippen LogP contribution < -0.4 is 15.8 Å². The highest BCUT2D eigenvalue weighted by Gasteiger charge is 2.17. The van der Waals surface area contributed by atoms with Crippen LogP contribution in [0.2, 0.25) is 0 Å². The Morgan fingerprint density at radius 3 is 2.45 bits per heavy atom. The Hall–Kier alpha value is -2.57. The van der Waals surface area contributed by atoms with Crippen molar-refractivity contribution in [1.82, 2.24) is 9.80 Å². The fourth-order valence-electron chi connectivity index (χ4n) is 3.49. The first-order valence-corrected chi connectivity index (χ1v) is 10.5. The Balaban J connectivity index is 1.46. The third-order valence-corrected chi connectivity index (χ3v) is 5.14. The molecule has 0 aromatic heterocycles. The normalized spacial score (nSPS) is 17.1. The Kier molecular flexibility index (Phi) is 7.90. The van der Waals surface area contributed by atoms with Crippen molar-refractivity contribution in [2.75, 3.05) is 51.1 Å². The Labute approximate surface area is 174 Å². The summed E-state index contributed by atoms with van der Waals surface area (Å²) in [5, 5.41) is 3.17. The van der Waals surface area contributed by atoms with Crippen LogP contribution in [0, 0.1) is 5.92 Å². The number of piperazine rings is 1. The summed E-state index contributed by atoms with van der Waals surface area (Å²) in [6.07, 6.45) is 0. The lowest BCUT2D eigenvalue weighted by atomic mass is 10.1. The van der Waals surface area contributed by atoms with Crippen LogP contribution in [-0.2, 0) is 0 Å². The monoisotopic (exact) mass is 395 g/mol. The highest BCUT2D eigenvalue weighted by Crippen LogP contribution is 2.23. The van der Waals surface area contributed by atoms with Crippen LogP contribution in [0.1, 0.15) is 13.8 Å². The van der Waals surface area contributed by atoms with Crippen molar-refractivity contribution in [2.45, 2.75) is 13.8 Å². The largest absolute Gasteiger partial charge is 0.457 e. The molecule has 0 bridgehead atoms. The van der Waals surface area contributed by atoms with Gasteiger partial charge in [-0.1, -0.05) is 38.1 Å². The summed E-state index contributed by atoms with van der Waals surface area (Å²) in [4.78, 5) is 9.56. The highest BCUT2D eigenvalue weighted by molar-refractivity contribution is 5.92. The van der Waals surface area contributed by atoms with Gasteiger partial charge in [0, 0.05) is 51.0 Å². The molecule has 1 aliphatic rings. The van der Waals surface area contributed by atoms with Crippen molar-refractivity contribution < 1.29 is 4.74 Å². The van der Waals surface area contributed by atoms with E-state index in [1.165, 1.54) is 0 Å². The standard InChI is InChI=1S/C23H33N5O/c1-3-27-12-14-28(15-13-27)18-19(2)17-25-23(24)26-20-8-7-11-22(16-20)29-21-9-5-4-6-10-21/h4-11,16,19H,3,12-15,17-18H2,1-2H3,(H3,24,25,26). The molecule has 156 valence electrons. The fraction of sp³-hybridized carbons (Fsp3) is 0.435. The number of nitrogens with zero attached hydrogens (tertiary/aromatic N) is 3. The Bertz CT molecular complexity index is 772. The second kappa shape index (κ2) is 10.8. The number of rotatable bonds is 8. The molecule has 0 aliphatic carbocycles. The number of nitrogens with one attached hydrogen (secondary N) is 1. The Morgan fingerprint density at radius 1 is 1.03 bits per heavy atom. The van der Waals surface area contributed by atoms with Crippen molar-refractivity contribution in [3.8, 4) is 11.5 Å². The van der Waals surface area contributed by atoms with Gasteiger partial charge in [0.1, 0.15) is 11.5 Å². The molecule has 6 nitrogen and oxygen atoms in total. The number of hydrogen-bond donors (Lipinski definition) is 2. The molecule has 1 saturated heterocycles. The van der Waals surface area contributed by atoms with Crippen LogP contribution in [0.4, 0.5) is 5.69 Å². The van der Waals surface area contributed by atoms with E-state index in [1.807, 2.05) is 54.6 Å². The molecule has 0 saturated carbocycles. The molecule has 1 aliphatic heterocycles. The SMILES string of the molecule is CCN1CCN(CC(C)CN=C(N)Nc2cccc(Oc3ccccc3)c2)CC1. The summed E-state index contributed by atoms with van der Waals surface area (Å²) in [5.41, 5.74) is 6.97. The van der Waals surface area contributed by atoms with Gasteiger partial charge in [-0.25, -0.2) is 0 Å². The number of nitrogens with two attached hydrogens (primary N) is 1. The van der Waals surface area contributed by atoms with Crippen LogP contribution in [0.5, 0.6) is 11.5 Å². The molecule has 1 unspecified atom stereocenters. The van der Waals surface area contributed by atoms with Gasteiger partial charge in [-0.05, 0) is 36.7 Å². The average Bonchev–Trinajstić information content (AvgIpc) is 2.74. The van der Waals surface area contributed by atoms with Gasteiger partial charge in [-0.2, -0.15) is 0 Å². The highest BCUT2D eigenvalue weighted by atomic mass is 16.5. The number of likely N-dealkylation sites (N-methyl/N-ethyl adjacent to an activating group) is 1. The zero-order valence-electron chi connectivity index (χ0n) is 17.6. The molecule has 0 amide bonds. The predicted octanol–water partition coefficient (Wildman–Crippen LogP) is 3.48. The van der Waals surface area contributed by atoms with Crippen LogP contribution in [0.15, 0.2) is 59.6 Å². The van der Waals surface area contributed by atoms with Crippen molar-refractivity contribution in [2.24, 2.45) is 16.6 Å². The first kappa shape index (κ1) is 21.1. The molecule has 1 atom stereocenters. The summed E-state index contributed by atoms with van der Waals surface area (Å²) in [6, 6.07) is 17.5. The number of hydrogen-bond acceptors (Lipinski definition) is 4. The predicted molar refractivity (Wildman–Crippen MR) is 121 cm³/mol. The molecule has 3 rings (SSSR count). The quantitative estimate of drug-likeness (QED) is 0.529. The van der Waals surface area contributed by atoms with Gasteiger partial charge in [-0.3, -0.25) is 4.99 Å². The minimum atomic E-state index is 0.435. The minimum absolute atomic E-state index is 0.435. The number of ether oxygens (including phenoxy) is 1. The lowest BCUT2D eigenvalue weighted by Crippen LogP contribution is -2.47. The summed E-state index contributed by atoms with van der Waals surface area (Å²) in [6.45, 7) is 12.0. The number of benzene rings is 2. The molecule has 6 heteroatoms. The van der Waals surface area contributed by atoms with E-state index in [0.717, 1.165) is 56.5 Å². The molecular weight excluding hydrogens is 362 g/mol. The van der Waals surface area contributed by atoms with Gasteiger partial charge < -0.3 is 25.6 Å². The summed E-state index contributed by atoms with van der Waals surface area (Å²) >= 11 is 0. The van der Waals surface area contributed by atoms with Crippen LogP contribution in [-0.4, -0.2) is 61.6 Å². The molecular formula is C23H33N5O. The van der Waals surface area contributed by atoms with Gasteiger partial charge >= 0.3 is 0 Å². The third-order valence-electron chi connectivity index (χ3n) is 5.14. The van der Waals surface area contributed by atoms with Crippen LogP contribution >= 0.6 is 0 Å². The maximum atomic E-state index is 6.10. The van der Waals surface area contributed by atoms with Crippen LogP contribution in [0.3, 0.4) is 0 Å². The van der Waals surface area contributed by atoms with E-state index in [-0.39, 0.29) is 0 Å². The van der Waals surface area contributed by atoms with E-state index in [1.54, 1.807) is 0 Å². The van der Waals surface area contributed by atoms with Gasteiger partial charge in [0.05, 0.1) is 0 Å². The van der Waals surface area contributed by atoms with Gasteiger partial charge in [0.15, 0.2) is 5.96 Å². The molecule has 3 N–H and O–H groups in total. The number of aliphatic imine (C=N–C) groups is 1. The van der Waals surface area contributed by atoms with Crippen molar-refractivity contribution in [1.29, 1.82) is 0 Å². The zero-order chi connectivity index (χ0) is 20.5. The van der Waals surface area contributed by atoms with Crippen molar-refractivity contribution in [3.63, 3.8) is 0 Å². The lowest BCUT2D eigenvalue weighted by molar-refractivity contribution is 0.125. The molecule has 29 heavy (non-hydrogen) atoms. The minimum Gasteiger partial charge on any atom is -0.457 e. The van der Waals surface area contributed by atoms with E-state index < -0.39 is 0 Å². The fourth-order valence-corrected chi connectivity index (χ4v) is 3.49. The van der Waals surface area contributed by atoms with Gasteiger partial charge in [0.25, 0.3) is 0 Å². The van der Waals surface area contributed by atoms with Gasteiger partial charge in [-0.15, -0.1) is 0 Å². The number of guanidine groups is 1. The molecule has 2 aromatic rings. The molecule has 1 heterocycles. The third kappa shape index (κ3) is 7.07. The van der Waals surface area contributed by atoms with Crippen LogP contribution in [0.25, 0.3) is 0 Å². The molecule has 0 spiro atoms. The Morgan fingerprint density at radius 2 is 1.72 bits per heavy atom. The second-order valence-electron chi connectivity index (χ2n) is 7.63. The molecule has 1 fully saturated rings. The van der Waals surface area contributed by atoms with E-state index in [2.05, 4.69) is 34.0 Å². The van der Waals surface area contributed by atoms with E-state index >= 15 is 0 Å². The van der Waals surface area contributed by atoms with Crippen molar-refractivity contribution >= 4 is 11.6 Å². The van der Waals surface area contributed by atoms with E-state index in [0.29, 0.717) is 18.4 Å². The smallest absolute Gasteiger partial charge is 0.193 e. The van der Waals surface area contributed by atoms with Crippen molar-refractivity contribution in [3.05, 3.63) is 54.6 Å². The summed E-state index contributed by atoms with van der Waals surface area (Å²) in [5.74, 6) is 2.47. The van der Waals surface area contributed by atoms with Gasteiger partial charge in [0.2, 0.25) is 0 Å². The summed E-state index contributed by atoms with van der Waals surface area (Å²) < 4.78 is 5.87. The zero-order valence-corrected chi connectivity index (χ0v) is 17.6. The number of para-hydroxylation sites is 1. The average molecular weight is 396 g/mol. The maximum Gasteiger partial charge on any atom is 0.193 e. The summed E-state index contributed by atoms with van der Waals surface area (Å²) in [7, 11) is 0. The first-order chi connectivity index (χ1) is 14.1. The molecule has 0 radical (unpaired) electrons. The van der Waals surface area contributed by atoms with E-state index in [9.17, 15) is 0 Å². The first-order valence-electron chi connectivity index (χ1n) is 10.5. The molecule has 2 aromatic carbocycles. The van der Waals surface area contributed by atoms with E-state index in [4.69, 9.17) is 10.5 Å². The second-order valence-corrected chi connectivity index (χ2v) is 7.63.